The smallest absolute Gasteiger partial charge is 0.0948 e. The molecule has 2 N–H and O–H groups in total. The maximum absolute atomic E-state index is 9.50. The quantitative estimate of drug-likeness (QED) is 0.659. The first kappa shape index (κ1) is 9.44. The van der Waals surface area contributed by atoms with Crippen molar-refractivity contribution in [1.29, 1.82) is 0 Å². The molecule has 0 aromatic heterocycles. The molecule has 1 aliphatic carbocycles. The molecule has 0 unspecified atom stereocenters. The van der Waals surface area contributed by atoms with Gasteiger partial charge in [0.2, 0.25) is 0 Å². The average Bonchev–Trinajstić information content (AvgIpc) is 2.33. The molecule has 0 bridgehead atoms. The molecule has 13 heavy (non-hydrogen) atoms. The summed E-state index contributed by atoms with van der Waals surface area (Å²) in [5.41, 5.74) is 0.502. The fourth-order valence-electron chi connectivity index (χ4n) is 2.40. The van der Waals surface area contributed by atoms with Crippen molar-refractivity contribution in [3.05, 3.63) is 0 Å². The van der Waals surface area contributed by atoms with Gasteiger partial charge in [-0.25, -0.2) is 0 Å². The lowest BCUT2D eigenvalue weighted by Crippen LogP contribution is -2.52. The lowest BCUT2D eigenvalue weighted by molar-refractivity contribution is 0.0888. The van der Waals surface area contributed by atoms with Gasteiger partial charge in [-0.15, -0.1) is 0 Å². The molecule has 2 rings (SSSR count). The molecule has 1 aliphatic heterocycles. The minimum absolute atomic E-state index is 0.168. The summed E-state index contributed by atoms with van der Waals surface area (Å²) < 4.78 is 5.18. The van der Waals surface area contributed by atoms with Gasteiger partial charge in [-0.1, -0.05) is 13.8 Å². The van der Waals surface area contributed by atoms with E-state index < -0.39 is 0 Å². The minimum atomic E-state index is -0.302. The van der Waals surface area contributed by atoms with E-state index in [0.29, 0.717) is 24.7 Å². The molecule has 2 fully saturated rings. The summed E-state index contributed by atoms with van der Waals surface area (Å²) >= 11 is 0. The average molecular weight is 185 g/mol. The standard InChI is InChI=1S/C10H19NO2/c1-10(2)3-7(4-10)11-8-5-13-6-9(8)12/h7-9,11-12H,3-6H2,1-2H3/t8-,9-/m1/s1. The lowest BCUT2D eigenvalue weighted by Gasteiger charge is -2.44. The zero-order chi connectivity index (χ0) is 9.47. The summed E-state index contributed by atoms with van der Waals surface area (Å²) in [5.74, 6) is 0. The molecule has 0 amide bonds. The second-order valence-electron chi connectivity index (χ2n) is 5.15. The van der Waals surface area contributed by atoms with Crippen LogP contribution >= 0.6 is 0 Å². The Kier molecular flexibility index (Phi) is 2.34. The van der Waals surface area contributed by atoms with Gasteiger partial charge in [0.15, 0.2) is 0 Å². The SMILES string of the molecule is CC1(C)CC(N[C@@H]2COC[C@H]2O)C1. The Bertz CT molecular complexity index is 185. The second-order valence-corrected chi connectivity index (χ2v) is 5.15. The predicted octanol–water partition coefficient (Wildman–Crippen LogP) is 0.524. The molecule has 76 valence electrons. The summed E-state index contributed by atoms with van der Waals surface area (Å²) in [7, 11) is 0. The topological polar surface area (TPSA) is 41.5 Å². The van der Waals surface area contributed by atoms with Crippen molar-refractivity contribution in [2.24, 2.45) is 5.41 Å². The van der Waals surface area contributed by atoms with Crippen LogP contribution in [0.5, 0.6) is 0 Å². The van der Waals surface area contributed by atoms with E-state index in [0.717, 1.165) is 0 Å². The van der Waals surface area contributed by atoms with Crippen molar-refractivity contribution >= 4 is 0 Å². The maximum atomic E-state index is 9.50. The van der Waals surface area contributed by atoms with Crippen molar-refractivity contribution in [2.75, 3.05) is 13.2 Å². The third-order valence-electron chi connectivity index (χ3n) is 3.10. The Morgan fingerprint density at radius 3 is 2.46 bits per heavy atom. The Hall–Kier alpha value is -0.120. The van der Waals surface area contributed by atoms with Gasteiger partial charge < -0.3 is 15.2 Å². The molecule has 1 heterocycles. The molecule has 0 spiro atoms. The Balaban J connectivity index is 1.74. The molecule has 1 saturated carbocycles. The maximum Gasteiger partial charge on any atom is 0.0948 e. The summed E-state index contributed by atoms with van der Waals surface area (Å²) in [6, 6.07) is 0.762. The normalized spacial score (nSPS) is 39.0. The molecule has 2 atom stereocenters. The van der Waals surface area contributed by atoms with Gasteiger partial charge in [0.1, 0.15) is 0 Å². The fraction of sp³-hybridized carbons (Fsp3) is 1.00. The first-order valence-electron chi connectivity index (χ1n) is 5.09. The van der Waals surface area contributed by atoms with Crippen molar-refractivity contribution in [2.45, 2.75) is 44.9 Å². The highest BCUT2D eigenvalue weighted by atomic mass is 16.5. The number of rotatable bonds is 2. The van der Waals surface area contributed by atoms with Crippen LogP contribution in [0.15, 0.2) is 0 Å². The van der Waals surface area contributed by atoms with E-state index in [1.807, 2.05) is 0 Å². The van der Waals surface area contributed by atoms with Gasteiger partial charge in [-0.3, -0.25) is 0 Å². The summed E-state index contributed by atoms with van der Waals surface area (Å²) in [5, 5.41) is 12.9. The number of hydrogen-bond donors (Lipinski definition) is 2. The highest BCUT2D eigenvalue weighted by Crippen LogP contribution is 2.40. The van der Waals surface area contributed by atoms with Gasteiger partial charge in [0.25, 0.3) is 0 Å². The zero-order valence-corrected chi connectivity index (χ0v) is 8.42. The van der Waals surface area contributed by atoms with Crippen molar-refractivity contribution < 1.29 is 9.84 Å². The van der Waals surface area contributed by atoms with Crippen LogP contribution in [0.2, 0.25) is 0 Å². The summed E-state index contributed by atoms with van der Waals surface area (Å²) in [4.78, 5) is 0. The van der Waals surface area contributed by atoms with E-state index in [9.17, 15) is 5.11 Å². The Morgan fingerprint density at radius 2 is 2.00 bits per heavy atom. The number of ether oxygens (including phenoxy) is 1. The van der Waals surface area contributed by atoms with Gasteiger partial charge in [-0.05, 0) is 18.3 Å². The van der Waals surface area contributed by atoms with E-state index in [4.69, 9.17) is 4.74 Å². The molecule has 0 aromatic rings. The molecule has 3 heteroatoms. The van der Waals surface area contributed by atoms with Crippen LogP contribution in [0.25, 0.3) is 0 Å². The number of hydrogen-bond acceptors (Lipinski definition) is 3. The minimum Gasteiger partial charge on any atom is -0.389 e. The van der Waals surface area contributed by atoms with Crippen LogP contribution < -0.4 is 5.32 Å². The van der Waals surface area contributed by atoms with Gasteiger partial charge in [0.05, 0.1) is 25.4 Å². The van der Waals surface area contributed by atoms with Gasteiger partial charge >= 0.3 is 0 Å². The third-order valence-corrected chi connectivity index (χ3v) is 3.10. The van der Waals surface area contributed by atoms with Crippen LogP contribution in [0, 0.1) is 5.41 Å². The molecule has 0 aromatic carbocycles. The molecular weight excluding hydrogens is 166 g/mol. The van der Waals surface area contributed by atoms with Crippen molar-refractivity contribution in [1.82, 2.24) is 5.32 Å². The van der Waals surface area contributed by atoms with E-state index >= 15 is 0 Å². The van der Waals surface area contributed by atoms with Gasteiger partial charge in [0, 0.05) is 6.04 Å². The predicted molar refractivity (Wildman–Crippen MR) is 50.6 cm³/mol. The zero-order valence-electron chi connectivity index (χ0n) is 8.42. The molecule has 1 saturated heterocycles. The first-order valence-corrected chi connectivity index (χ1v) is 5.09. The fourth-order valence-corrected chi connectivity index (χ4v) is 2.40. The van der Waals surface area contributed by atoms with Crippen LogP contribution in [0.3, 0.4) is 0 Å². The highest BCUT2D eigenvalue weighted by Gasteiger charge is 2.38. The first-order chi connectivity index (χ1) is 6.07. The highest BCUT2D eigenvalue weighted by molar-refractivity contribution is 4.95. The van der Waals surface area contributed by atoms with Gasteiger partial charge in [-0.2, -0.15) is 0 Å². The van der Waals surface area contributed by atoms with Crippen LogP contribution in [0.1, 0.15) is 26.7 Å². The molecular formula is C10H19NO2. The third kappa shape index (κ3) is 2.03. The second kappa shape index (κ2) is 3.23. The van der Waals surface area contributed by atoms with Crippen LogP contribution in [-0.2, 0) is 4.74 Å². The molecule has 2 aliphatic rings. The van der Waals surface area contributed by atoms with Crippen LogP contribution in [-0.4, -0.2) is 36.5 Å². The molecule has 3 nitrogen and oxygen atoms in total. The molecule has 0 radical (unpaired) electrons. The van der Waals surface area contributed by atoms with E-state index in [1.165, 1.54) is 12.8 Å². The number of aliphatic hydroxyl groups excluding tert-OH is 1. The van der Waals surface area contributed by atoms with Crippen molar-refractivity contribution in [3.8, 4) is 0 Å². The largest absolute Gasteiger partial charge is 0.389 e. The summed E-state index contributed by atoms with van der Waals surface area (Å²) in [6.45, 7) is 5.73. The van der Waals surface area contributed by atoms with Crippen LogP contribution in [0.4, 0.5) is 0 Å². The number of aliphatic hydroxyl groups is 1. The number of nitrogens with one attached hydrogen (secondary N) is 1. The Morgan fingerprint density at radius 1 is 1.31 bits per heavy atom. The van der Waals surface area contributed by atoms with E-state index in [1.54, 1.807) is 0 Å². The Labute approximate surface area is 79.5 Å². The monoisotopic (exact) mass is 185 g/mol. The lowest BCUT2D eigenvalue weighted by atomic mass is 9.68. The van der Waals surface area contributed by atoms with Crippen molar-refractivity contribution in [3.63, 3.8) is 0 Å². The summed E-state index contributed by atoms with van der Waals surface area (Å²) in [6.07, 6.45) is 2.13. The van der Waals surface area contributed by atoms with E-state index in [-0.39, 0.29) is 12.1 Å². The van der Waals surface area contributed by atoms with E-state index in [2.05, 4.69) is 19.2 Å².